The molecule has 0 saturated heterocycles. The highest BCUT2D eigenvalue weighted by Crippen LogP contribution is 2.36. The molecule has 0 radical (unpaired) electrons. The monoisotopic (exact) mass is 524 g/mol. The quantitative estimate of drug-likeness (QED) is 0.107. The molecular weight excluding hydrogens is 498 g/mol. The summed E-state index contributed by atoms with van der Waals surface area (Å²) in [7, 11) is 1.44. The van der Waals surface area contributed by atoms with Gasteiger partial charge in [-0.1, -0.05) is 60.3 Å². The van der Waals surface area contributed by atoms with Gasteiger partial charge in [-0.2, -0.15) is 0 Å². The Kier molecular flexibility index (Phi) is 10.1. The Morgan fingerprint density at radius 3 is 1.86 bits per heavy atom. The molecule has 3 rings (SSSR count). The largest absolute Gasteiger partial charge is 0.374 e. The van der Waals surface area contributed by atoms with E-state index in [1.54, 1.807) is 31.2 Å². The zero-order chi connectivity index (χ0) is 26.2. The Morgan fingerprint density at radius 2 is 1.39 bits per heavy atom. The first kappa shape index (κ1) is 27.9. The van der Waals surface area contributed by atoms with Crippen LogP contribution in [0.5, 0.6) is 0 Å². The molecule has 0 aliphatic carbocycles. The van der Waals surface area contributed by atoms with Crippen LogP contribution in [-0.4, -0.2) is 19.7 Å². The molecule has 0 fully saturated rings. The van der Waals surface area contributed by atoms with Gasteiger partial charge in [0.25, 0.3) is 6.43 Å². The van der Waals surface area contributed by atoms with Crippen LogP contribution in [0.1, 0.15) is 45.4 Å². The molecule has 0 spiro atoms. The number of hydrogen-bond donors (Lipinski definition) is 0. The van der Waals surface area contributed by atoms with Crippen molar-refractivity contribution in [2.24, 2.45) is 0 Å². The van der Waals surface area contributed by atoms with Crippen LogP contribution in [0.25, 0.3) is 11.7 Å². The normalized spacial score (nSPS) is 12.2. The second kappa shape index (κ2) is 13.0. The Bertz CT molecular complexity index is 1190. The number of thioether (sulfide) groups is 1. The Balaban J connectivity index is 1.77. The second-order valence-corrected chi connectivity index (χ2v) is 9.17. The van der Waals surface area contributed by atoms with Gasteiger partial charge in [0.05, 0.1) is 18.2 Å². The van der Waals surface area contributed by atoms with Gasteiger partial charge in [0.15, 0.2) is 11.7 Å². The van der Waals surface area contributed by atoms with E-state index in [1.807, 2.05) is 0 Å². The van der Waals surface area contributed by atoms with Crippen LogP contribution < -0.4 is 0 Å². The maximum absolute atomic E-state index is 14.8. The second-order valence-electron chi connectivity index (χ2n) is 8.21. The minimum Gasteiger partial charge on any atom is -0.374 e. The minimum absolute atomic E-state index is 0.0269. The van der Waals surface area contributed by atoms with Crippen molar-refractivity contribution in [3.63, 3.8) is 0 Å². The first-order valence-corrected chi connectivity index (χ1v) is 12.3. The summed E-state index contributed by atoms with van der Waals surface area (Å²) in [5.41, 5.74) is 1.64. The predicted molar refractivity (Wildman–Crippen MR) is 133 cm³/mol. The van der Waals surface area contributed by atoms with E-state index < -0.39 is 36.1 Å². The first-order chi connectivity index (χ1) is 17.3. The van der Waals surface area contributed by atoms with E-state index in [-0.39, 0.29) is 40.4 Å². The van der Waals surface area contributed by atoms with Crippen molar-refractivity contribution >= 4 is 23.4 Å². The maximum atomic E-state index is 14.8. The SMILES string of the molecule is COCSc1cc(C)c(CCc2ccc(/C(F)=C(\F)c3ccc(CCF)cc3)cc2)c(C(F)F)c1F. The fraction of sp³-hybridized carbons (Fsp3) is 0.286. The van der Waals surface area contributed by atoms with Crippen molar-refractivity contribution < 1.29 is 31.1 Å². The molecule has 0 N–H and O–H groups in total. The van der Waals surface area contributed by atoms with E-state index in [1.165, 1.54) is 37.4 Å². The predicted octanol–water partition coefficient (Wildman–Crippen LogP) is 8.83. The van der Waals surface area contributed by atoms with Crippen LogP contribution >= 0.6 is 11.8 Å². The molecule has 1 nitrogen and oxygen atoms in total. The highest BCUT2D eigenvalue weighted by molar-refractivity contribution is 7.99. The molecule has 0 aromatic heterocycles. The summed E-state index contributed by atoms with van der Waals surface area (Å²) in [6.07, 6.45) is -2.29. The zero-order valence-corrected chi connectivity index (χ0v) is 20.7. The number of aryl methyl sites for hydroxylation is 3. The number of ether oxygens (including phenoxy) is 1. The standard InChI is InChI=1S/C28H26F6OS/c1-17-15-23(36-16-35-2)27(32)24(28(33)34)22(17)12-7-18-3-8-20(9-4-18)25(30)26(31)21-10-5-19(6-11-21)13-14-29/h3-6,8-11,15,28H,7,12-14,16H2,1-2H3/b26-25+. The van der Waals surface area contributed by atoms with Crippen molar-refractivity contribution in [2.75, 3.05) is 19.7 Å². The van der Waals surface area contributed by atoms with Gasteiger partial charge in [-0.05, 0) is 48.1 Å². The lowest BCUT2D eigenvalue weighted by Crippen LogP contribution is -2.06. The van der Waals surface area contributed by atoms with Crippen molar-refractivity contribution in [1.29, 1.82) is 0 Å². The molecule has 8 heteroatoms. The minimum atomic E-state index is -2.97. The van der Waals surface area contributed by atoms with Crippen molar-refractivity contribution in [1.82, 2.24) is 0 Å². The summed E-state index contributed by atoms with van der Waals surface area (Å²) in [5.74, 6) is -2.88. The molecule has 0 aliphatic rings. The summed E-state index contributed by atoms with van der Waals surface area (Å²) in [6.45, 7) is 1.13. The first-order valence-electron chi connectivity index (χ1n) is 11.3. The van der Waals surface area contributed by atoms with Crippen molar-refractivity contribution in [2.45, 2.75) is 37.5 Å². The molecule has 0 amide bonds. The number of rotatable bonds is 11. The lowest BCUT2D eigenvalue weighted by Gasteiger charge is -2.16. The van der Waals surface area contributed by atoms with Gasteiger partial charge in [-0.15, -0.1) is 0 Å². The summed E-state index contributed by atoms with van der Waals surface area (Å²) >= 11 is 1.01. The zero-order valence-electron chi connectivity index (χ0n) is 19.9. The molecule has 3 aromatic carbocycles. The van der Waals surface area contributed by atoms with Crippen molar-refractivity contribution in [3.05, 3.63) is 99.4 Å². The molecule has 3 aromatic rings. The van der Waals surface area contributed by atoms with Crippen molar-refractivity contribution in [3.8, 4) is 0 Å². The van der Waals surface area contributed by atoms with Crippen LogP contribution in [0.2, 0.25) is 0 Å². The lowest BCUT2D eigenvalue weighted by molar-refractivity contribution is 0.144. The summed E-state index contributed by atoms with van der Waals surface area (Å²) < 4.78 is 88.9. The van der Waals surface area contributed by atoms with Gasteiger partial charge in [0, 0.05) is 29.6 Å². The summed E-state index contributed by atoms with van der Waals surface area (Å²) in [5, 5.41) is 0. The number of alkyl halides is 3. The Hall–Kier alpha value is -2.71. The third kappa shape index (κ3) is 6.73. The Morgan fingerprint density at radius 1 is 0.861 bits per heavy atom. The third-order valence-corrected chi connectivity index (χ3v) is 6.77. The van der Waals surface area contributed by atoms with E-state index in [4.69, 9.17) is 4.74 Å². The van der Waals surface area contributed by atoms with E-state index in [9.17, 15) is 26.3 Å². The van der Waals surface area contributed by atoms with Crippen LogP contribution in [0, 0.1) is 12.7 Å². The number of hydrogen-bond acceptors (Lipinski definition) is 2. The summed E-state index contributed by atoms with van der Waals surface area (Å²) in [6, 6.07) is 13.4. The molecule has 0 heterocycles. The van der Waals surface area contributed by atoms with E-state index in [0.29, 0.717) is 23.1 Å². The summed E-state index contributed by atoms with van der Waals surface area (Å²) in [4.78, 5) is 0.110. The van der Waals surface area contributed by atoms with Gasteiger partial charge >= 0.3 is 0 Å². The average Bonchev–Trinajstić information content (AvgIpc) is 2.88. The average molecular weight is 525 g/mol. The van der Waals surface area contributed by atoms with Crippen LogP contribution in [0.3, 0.4) is 0 Å². The van der Waals surface area contributed by atoms with Gasteiger partial charge in [0.2, 0.25) is 0 Å². The fourth-order valence-corrected chi connectivity index (χ4v) is 4.62. The molecule has 0 unspecified atom stereocenters. The van der Waals surface area contributed by atoms with Gasteiger partial charge in [0.1, 0.15) is 5.82 Å². The fourth-order valence-electron chi connectivity index (χ4n) is 3.88. The molecule has 36 heavy (non-hydrogen) atoms. The third-order valence-electron chi connectivity index (χ3n) is 5.81. The number of halogens is 6. The van der Waals surface area contributed by atoms with Crippen LogP contribution in [0.15, 0.2) is 59.5 Å². The molecule has 0 atom stereocenters. The Labute approximate surface area is 211 Å². The van der Waals surface area contributed by atoms with Crippen LogP contribution in [-0.2, 0) is 24.0 Å². The van der Waals surface area contributed by atoms with E-state index in [2.05, 4.69) is 0 Å². The van der Waals surface area contributed by atoms with Crippen LogP contribution in [0.4, 0.5) is 26.3 Å². The molecule has 0 saturated carbocycles. The maximum Gasteiger partial charge on any atom is 0.266 e. The highest BCUT2D eigenvalue weighted by atomic mass is 32.2. The van der Waals surface area contributed by atoms with Gasteiger partial charge in [-0.3, -0.25) is 4.39 Å². The molecule has 0 aliphatic heterocycles. The van der Waals surface area contributed by atoms with E-state index in [0.717, 1.165) is 11.8 Å². The lowest BCUT2D eigenvalue weighted by atomic mass is 9.95. The van der Waals surface area contributed by atoms with E-state index >= 15 is 0 Å². The number of benzene rings is 3. The topological polar surface area (TPSA) is 9.23 Å². The highest BCUT2D eigenvalue weighted by Gasteiger charge is 2.23. The molecule has 0 bridgehead atoms. The molecule has 192 valence electrons. The van der Waals surface area contributed by atoms with Gasteiger partial charge < -0.3 is 4.74 Å². The number of methoxy groups -OCH3 is 1. The smallest absolute Gasteiger partial charge is 0.266 e. The molecular formula is C28H26F6OS. The van der Waals surface area contributed by atoms with Gasteiger partial charge in [-0.25, -0.2) is 22.0 Å².